The third-order valence-electron chi connectivity index (χ3n) is 4.48. The van der Waals surface area contributed by atoms with Crippen LogP contribution in [0.5, 0.6) is 0 Å². The second-order valence-corrected chi connectivity index (χ2v) is 6.69. The average molecular weight is 340 g/mol. The lowest BCUT2D eigenvalue weighted by atomic mass is 9.80. The van der Waals surface area contributed by atoms with E-state index >= 15 is 0 Å². The molecule has 0 amide bonds. The van der Waals surface area contributed by atoms with Crippen LogP contribution in [0, 0.1) is 11.3 Å². The molecule has 0 heterocycles. The van der Waals surface area contributed by atoms with E-state index in [1.807, 2.05) is 32.9 Å². The van der Waals surface area contributed by atoms with Crippen LogP contribution in [0.15, 0.2) is 60.7 Å². The largest absolute Gasteiger partial charge is 0.461 e. The number of esters is 2. The molecule has 2 aromatic rings. The summed E-state index contributed by atoms with van der Waals surface area (Å²) in [6.45, 7) is 6.36. The molecule has 0 fully saturated rings. The van der Waals surface area contributed by atoms with Crippen LogP contribution in [0.4, 0.5) is 0 Å². The average Bonchev–Trinajstić information content (AvgIpc) is 2.65. The first kappa shape index (κ1) is 18.7. The molecule has 0 atom stereocenters. The molecule has 0 aliphatic carbocycles. The molecule has 0 unspecified atom stereocenters. The van der Waals surface area contributed by atoms with Crippen LogP contribution in [-0.4, -0.2) is 25.2 Å². The van der Waals surface area contributed by atoms with Crippen molar-refractivity contribution in [2.24, 2.45) is 11.3 Å². The number of rotatable bonds is 7. The van der Waals surface area contributed by atoms with Crippen molar-refractivity contribution in [2.45, 2.75) is 20.8 Å². The van der Waals surface area contributed by atoms with Crippen molar-refractivity contribution in [1.82, 2.24) is 0 Å². The highest BCUT2D eigenvalue weighted by Gasteiger charge is 2.32. The third kappa shape index (κ3) is 5.18. The molecule has 0 aliphatic heterocycles. The van der Waals surface area contributed by atoms with Gasteiger partial charge in [0.15, 0.2) is 0 Å². The van der Waals surface area contributed by atoms with Crippen molar-refractivity contribution in [2.75, 3.05) is 13.2 Å². The first-order chi connectivity index (χ1) is 11.9. The molecule has 0 aromatic heterocycles. The van der Waals surface area contributed by atoms with Crippen molar-refractivity contribution in [3.05, 3.63) is 71.8 Å². The number of benzene rings is 2. The molecular formula is C21H24O4. The van der Waals surface area contributed by atoms with Crippen molar-refractivity contribution in [1.29, 1.82) is 0 Å². The number of carbonyl (C=O) groups excluding carboxylic acids is 2. The highest BCUT2D eigenvalue weighted by molar-refractivity contribution is 5.89. The lowest BCUT2D eigenvalue weighted by Gasteiger charge is -2.32. The van der Waals surface area contributed by atoms with Crippen LogP contribution in [0.3, 0.4) is 0 Å². The van der Waals surface area contributed by atoms with E-state index < -0.39 is 5.41 Å². The summed E-state index contributed by atoms with van der Waals surface area (Å²) >= 11 is 0. The van der Waals surface area contributed by atoms with E-state index in [1.54, 1.807) is 48.5 Å². The standard InChI is InChI=1S/C21H24O4/c1-16(2)21(3,14-24-19(22)17-10-6-4-7-11-17)15-25-20(23)18-12-8-5-9-13-18/h4-13,16H,14-15H2,1-3H3. The van der Waals surface area contributed by atoms with Crippen molar-refractivity contribution in [3.8, 4) is 0 Å². The van der Waals surface area contributed by atoms with Gasteiger partial charge >= 0.3 is 11.9 Å². The summed E-state index contributed by atoms with van der Waals surface area (Å²) in [6.07, 6.45) is 0. The van der Waals surface area contributed by atoms with Crippen molar-refractivity contribution in [3.63, 3.8) is 0 Å². The van der Waals surface area contributed by atoms with Crippen LogP contribution < -0.4 is 0 Å². The zero-order valence-electron chi connectivity index (χ0n) is 14.9. The van der Waals surface area contributed by atoms with E-state index in [2.05, 4.69) is 0 Å². The molecule has 0 bridgehead atoms. The third-order valence-corrected chi connectivity index (χ3v) is 4.48. The molecule has 4 nitrogen and oxygen atoms in total. The zero-order chi connectivity index (χ0) is 18.3. The Hall–Kier alpha value is -2.62. The molecule has 132 valence electrons. The SMILES string of the molecule is CC(C)C(C)(COC(=O)c1ccccc1)COC(=O)c1ccccc1. The molecule has 0 aliphatic rings. The van der Waals surface area contributed by atoms with Gasteiger partial charge in [-0.15, -0.1) is 0 Å². The fraction of sp³-hybridized carbons (Fsp3) is 0.333. The first-order valence-corrected chi connectivity index (χ1v) is 8.37. The van der Waals surface area contributed by atoms with E-state index in [9.17, 15) is 9.59 Å². The number of ether oxygens (including phenoxy) is 2. The fourth-order valence-electron chi connectivity index (χ4n) is 2.15. The van der Waals surface area contributed by atoms with Crippen LogP contribution in [0.25, 0.3) is 0 Å². The minimum atomic E-state index is -0.463. The second kappa shape index (κ2) is 8.47. The van der Waals surface area contributed by atoms with Crippen molar-refractivity contribution < 1.29 is 19.1 Å². The van der Waals surface area contributed by atoms with Gasteiger partial charge in [0.05, 0.1) is 11.1 Å². The maximum absolute atomic E-state index is 12.1. The Morgan fingerprint density at radius 1 is 0.800 bits per heavy atom. The lowest BCUT2D eigenvalue weighted by molar-refractivity contribution is -0.0158. The summed E-state index contributed by atoms with van der Waals surface area (Å²) in [7, 11) is 0. The Kier molecular flexibility index (Phi) is 6.34. The molecule has 0 spiro atoms. The molecule has 0 N–H and O–H groups in total. The van der Waals surface area contributed by atoms with E-state index in [0.717, 1.165) is 0 Å². The second-order valence-electron chi connectivity index (χ2n) is 6.69. The van der Waals surface area contributed by atoms with Crippen LogP contribution in [0.1, 0.15) is 41.5 Å². The molecule has 0 saturated carbocycles. The van der Waals surface area contributed by atoms with Gasteiger partial charge in [-0.25, -0.2) is 9.59 Å². The topological polar surface area (TPSA) is 52.6 Å². The van der Waals surface area contributed by atoms with Crippen molar-refractivity contribution >= 4 is 11.9 Å². The minimum Gasteiger partial charge on any atom is -0.461 e. The number of hydrogen-bond donors (Lipinski definition) is 0. The molecule has 25 heavy (non-hydrogen) atoms. The monoisotopic (exact) mass is 340 g/mol. The predicted molar refractivity (Wildman–Crippen MR) is 96.4 cm³/mol. The summed E-state index contributed by atoms with van der Waals surface area (Å²) in [6, 6.07) is 17.7. The summed E-state index contributed by atoms with van der Waals surface area (Å²) < 4.78 is 10.9. The van der Waals surface area contributed by atoms with Gasteiger partial charge in [-0.2, -0.15) is 0 Å². The van der Waals surface area contributed by atoms with Crippen LogP contribution in [0.2, 0.25) is 0 Å². The smallest absolute Gasteiger partial charge is 0.338 e. The maximum Gasteiger partial charge on any atom is 0.338 e. The Labute approximate surface area is 148 Å². The van der Waals surface area contributed by atoms with Gasteiger partial charge in [0.25, 0.3) is 0 Å². The summed E-state index contributed by atoms with van der Waals surface area (Å²) in [5.74, 6) is -0.580. The molecule has 2 rings (SSSR count). The highest BCUT2D eigenvalue weighted by atomic mass is 16.5. The summed E-state index contributed by atoms with van der Waals surface area (Å²) in [4.78, 5) is 24.3. The fourth-order valence-corrected chi connectivity index (χ4v) is 2.15. The Balaban J connectivity index is 1.96. The van der Waals surface area contributed by atoms with Gasteiger partial charge in [0.2, 0.25) is 0 Å². The minimum absolute atomic E-state index is 0.166. The van der Waals surface area contributed by atoms with Crippen LogP contribution in [-0.2, 0) is 9.47 Å². The van der Waals surface area contributed by atoms with Gasteiger partial charge in [-0.1, -0.05) is 57.2 Å². The number of hydrogen-bond acceptors (Lipinski definition) is 4. The molecule has 2 aromatic carbocycles. The van der Waals surface area contributed by atoms with E-state index in [0.29, 0.717) is 11.1 Å². The molecular weight excluding hydrogens is 316 g/mol. The van der Waals surface area contributed by atoms with Crippen LogP contribution >= 0.6 is 0 Å². The van der Waals surface area contributed by atoms with E-state index in [4.69, 9.17) is 9.47 Å². The summed E-state index contributed by atoms with van der Waals surface area (Å²) in [5.41, 5.74) is 0.555. The van der Waals surface area contributed by atoms with Gasteiger partial charge in [-0.3, -0.25) is 0 Å². The lowest BCUT2D eigenvalue weighted by Crippen LogP contribution is -2.36. The van der Waals surface area contributed by atoms with Gasteiger partial charge in [0, 0.05) is 5.41 Å². The predicted octanol–water partition coefficient (Wildman–Crippen LogP) is 4.36. The zero-order valence-corrected chi connectivity index (χ0v) is 14.9. The molecule has 4 heteroatoms. The molecule has 0 radical (unpaired) electrons. The first-order valence-electron chi connectivity index (χ1n) is 8.37. The van der Waals surface area contributed by atoms with E-state index in [1.165, 1.54) is 0 Å². The quantitative estimate of drug-likeness (QED) is 0.703. The maximum atomic E-state index is 12.1. The van der Waals surface area contributed by atoms with Gasteiger partial charge in [-0.05, 0) is 30.2 Å². The number of carbonyl (C=O) groups is 2. The molecule has 0 saturated heterocycles. The Morgan fingerprint density at radius 2 is 1.16 bits per heavy atom. The normalized spacial score (nSPS) is 11.2. The summed E-state index contributed by atoms with van der Waals surface area (Å²) in [5, 5.41) is 0. The Bertz CT molecular complexity index is 637. The van der Waals surface area contributed by atoms with Gasteiger partial charge in [0.1, 0.15) is 13.2 Å². The highest BCUT2D eigenvalue weighted by Crippen LogP contribution is 2.28. The Morgan fingerprint density at radius 3 is 1.48 bits per heavy atom. The van der Waals surface area contributed by atoms with E-state index in [-0.39, 0.29) is 31.1 Å². The van der Waals surface area contributed by atoms with Gasteiger partial charge < -0.3 is 9.47 Å².